The molecule has 0 aliphatic carbocycles. The van der Waals surface area contributed by atoms with Crippen LogP contribution in [0.15, 0.2) is 48.5 Å². The third kappa shape index (κ3) is 5.71. The smallest absolute Gasteiger partial charge is 0.262 e. The van der Waals surface area contributed by atoms with E-state index in [1.807, 2.05) is 11.9 Å². The molecule has 7 nitrogen and oxygen atoms in total. The molecule has 3 rings (SSSR count). The highest BCUT2D eigenvalue weighted by Gasteiger charge is 2.23. The van der Waals surface area contributed by atoms with Crippen molar-refractivity contribution < 1.29 is 19.1 Å². The summed E-state index contributed by atoms with van der Waals surface area (Å²) in [5.74, 6) is 0.949. The molecule has 0 bridgehead atoms. The number of rotatable bonds is 7. The maximum absolute atomic E-state index is 12.7. The van der Waals surface area contributed by atoms with E-state index < -0.39 is 0 Å². The van der Waals surface area contributed by atoms with Crippen LogP contribution in [-0.2, 0) is 4.79 Å². The van der Waals surface area contributed by atoms with Crippen molar-refractivity contribution in [3.8, 4) is 11.5 Å². The van der Waals surface area contributed by atoms with Gasteiger partial charge in [-0.05, 0) is 56.3 Å². The van der Waals surface area contributed by atoms with Crippen LogP contribution in [0.4, 0.5) is 5.69 Å². The van der Waals surface area contributed by atoms with Crippen molar-refractivity contribution in [2.45, 2.75) is 18.9 Å². The highest BCUT2D eigenvalue weighted by atomic mass is 16.5. The monoisotopic (exact) mass is 397 g/mol. The molecule has 2 aromatic carbocycles. The molecule has 1 aliphatic rings. The molecule has 154 valence electrons. The van der Waals surface area contributed by atoms with Crippen molar-refractivity contribution in [3.63, 3.8) is 0 Å². The first-order chi connectivity index (χ1) is 14.1. The molecular weight excluding hydrogens is 370 g/mol. The first-order valence-corrected chi connectivity index (χ1v) is 9.72. The maximum atomic E-state index is 12.7. The third-order valence-electron chi connectivity index (χ3n) is 4.94. The van der Waals surface area contributed by atoms with E-state index in [2.05, 4.69) is 10.6 Å². The van der Waals surface area contributed by atoms with Crippen LogP contribution >= 0.6 is 0 Å². The number of nitrogens with one attached hydrogen (secondary N) is 2. The Hall–Kier alpha value is -3.06. The first-order valence-electron chi connectivity index (χ1n) is 9.72. The molecule has 1 heterocycles. The summed E-state index contributed by atoms with van der Waals surface area (Å²) in [6.07, 6.45) is 2.09. The number of amides is 2. The minimum absolute atomic E-state index is 0.0206. The van der Waals surface area contributed by atoms with Crippen molar-refractivity contribution in [3.05, 3.63) is 54.1 Å². The Labute approximate surface area is 171 Å². The number of hydrogen-bond acceptors (Lipinski definition) is 5. The molecule has 0 aromatic heterocycles. The second-order valence-electron chi connectivity index (χ2n) is 6.97. The lowest BCUT2D eigenvalue weighted by Gasteiger charge is -2.32. The Morgan fingerprint density at radius 1 is 1.14 bits per heavy atom. The maximum Gasteiger partial charge on any atom is 0.262 e. The van der Waals surface area contributed by atoms with Crippen LogP contribution in [-0.4, -0.2) is 56.6 Å². The molecule has 29 heavy (non-hydrogen) atoms. The van der Waals surface area contributed by atoms with Gasteiger partial charge in [0.05, 0.1) is 7.11 Å². The van der Waals surface area contributed by atoms with E-state index in [1.54, 1.807) is 55.6 Å². The first kappa shape index (κ1) is 20.7. The van der Waals surface area contributed by atoms with Crippen LogP contribution in [0.1, 0.15) is 23.2 Å². The van der Waals surface area contributed by atoms with Gasteiger partial charge < -0.3 is 25.0 Å². The Balaban J connectivity index is 1.51. The summed E-state index contributed by atoms with van der Waals surface area (Å²) in [6.45, 7) is 1.37. The molecule has 1 unspecified atom stereocenters. The molecule has 1 atom stereocenters. The lowest BCUT2D eigenvalue weighted by Crippen LogP contribution is -2.46. The molecule has 0 radical (unpaired) electrons. The number of carbonyl (C=O) groups is 2. The summed E-state index contributed by atoms with van der Waals surface area (Å²) in [5, 5.41) is 6.00. The summed E-state index contributed by atoms with van der Waals surface area (Å²) < 4.78 is 10.7. The summed E-state index contributed by atoms with van der Waals surface area (Å²) >= 11 is 0. The van der Waals surface area contributed by atoms with Gasteiger partial charge in [-0.2, -0.15) is 0 Å². The van der Waals surface area contributed by atoms with Crippen LogP contribution in [0, 0.1) is 0 Å². The molecule has 1 fully saturated rings. The van der Waals surface area contributed by atoms with Gasteiger partial charge in [0.15, 0.2) is 6.61 Å². The van der Waals surface area contributed by atoms with Gasteiger partial charge in [-0.1, -0.05) is 6.07 Å². The predicted octanol–water partition coefficient (Wildman–Crippen LogP) is 2.54. The second kappa shape index (κ2) is 9.93. The Morgan fingerprint density at radius 2 is 1.93 bits per heavy atom. The fourth-order valence-corrected chi connectivity index (χ4v) is 3.32. The summed E-state index contributed by atoms with van der Waals surface area (Å²) in [5.41, 5.74) is 1.26. The van der Waals surface area contributed by atoms with E-state index in [4.69, 9.17) is 9.47 Å². The summed E-state index contributed by atoms with van der Waals surface area (Å²) in [4.78, 5) is 26.6. The molecule has 2 amide bonds. The summed E-state index contributed by atoms with van der Waals surface area (Å²) in [6, 6.07) is 14.4. The molecule has 1 saturated heterocycles. The molecule has 1 aliphatic heterocycles. The quantitative estimate of drug-likeness (QED) is 0.751. The zero-order valence-electron chi connectivity index (χ0n) is 16.8. The van der Waals surface area contributed by atoms with Crippen molar-refractivity contribution in [2.24, 2.45) is 0 Å². The normalized spacial score (nSPS) is 16.2. The minimum Gasteiger partial charge on any atom is -0.497 e. The van der Waals surface area contributed by atoms with Gasteiger partial charge in [-0.15, -0.1) is 0 Å². The van der Waals surface area contributed by atoms with E-state index in [1.165, 1.54) is 0 Å². The van der Waals surface area contributed by atoms with E-state index in [-0.39, 0.29) is 18.4 Å². The van der Waals surface area contributed by atoms with Crippen molar-refractivity contribution in [2.75, 3.05) is 39.2 Å². The van der Waals surface area contributed by atoms with Gasteiger partial charge in [0.1, 0.15) is 11.5 Å². The zero-order valence-corrected chi connectivity index (χ0v) is 16.8. The van der Waals surface area contributed by atoms with Gasteiger partial charge in [0, 0.05) is 36.4 Å². The molecule has 2 aromatic rings. The van der Waals surface area contributed by atoms with Gasteiger partial charge in [0.25, 0.3) is 11.8 Å². The van der Waals surface area contributed by atoms with Crippen LogP contribution in [0.2, 0.25) is 0 Å². The molecular formula is C22H27N3O4. The van der Waals surface area contributed by atoms with Crippen LogP contribution in [0.3, 0.4) is 0 Å². The van der Waals surface area contributed by atoms with E-state index in [0.717, 1.165) is 25.9 Å². The Morgan fingerprint density at radius 3 is 2.66 bits per heavy atom. The molecule has 7 heteroatoms. The highest BCUT2D eigenvalue weighted by Crippen LogP contribution is 2.18. The van der Waals surface area contributed by atoms with Gasteiger partial charge >= 0.3 is 0 Å². The average Bonchev–Trinajstić information content (AvgIpc) is 2.77. The predicted molar refractivity (Wildman–Crippen MR) is 112 cm³/mol. The largest absolute Gasteiger partial charge is 0.497 e. The molecule has 0 spiro atoms. The standard InChI is InChI=1S/C22H27N3O4/c1-23-18-6-4-12-25(14-18)22(27)16-8-10-19(11-9-16)29-15-21(26)24-17-5-3-7-20(13-17)28-2/h3,5,7-11,13,18,23H,4,6,12,14-15H2,1-2H3,(H,24,26). The van der Waals surface area contributed by atoms with Crippen molar-refractivity contribution in [1.82, 2.24) is 10.2 Å². The van der Waals surface area contributed by atoms with Crippen molar-refractivity contribution >= 4 is 17.5 Å². The molecule has 0 saturated carbocycles. The van der Waals surface area contributed by atoms with Crippen LogP contribution in [0.5, 0.6) is 11.5 Å². The fraction of sp³-hybridized carbons (Fsp3) is 0.364. The fourth-order valence-electron chi connectivity index (χ4n) is 3.32. The van der Waals surface area contributed by atoms with Crippen LogP contribution in [0.25, 0.3) is 0 Å². The number of benzene rings is 2. The number of methoxy groups -OCH3 is 1. The third-order valence-corrected chi connectivity index (χ3v) is 4.94. The van der Waals surface area contributed by atoms with Crippen LogP contribution < -0.4 is 20.1 Å². The molecule has 2 N–H and O–H groups in total. The van der Waals surface area contributed by atoms with Gasteiger partial charge in [-0.25, -0.2) is 0 Å². The average molecular weight is 397 g/mol. The number of hydrogen-bond donors (Lipinski definition) is 2. The number of ether oxygens (including phenoxy) is 2. The number of carbonyl (C=O) groups excluding carboxylic acids is 2. The van der Waals surface area contributed by atoms with Gasteiger partial charge in [-0.3, -0.25) is 9.59 Å². The number of nitrogens with zero attached hydrogens (tertiary/aromatic N) is 1. The van der Waals surface area contributed by atoms with Gasteiger partial charge in [0.2, 0.25) is 0 Å². The Bertz CT molecular complexity index is 838. The highest BCUT2D eigenvalue weighted by molar-refractivity contribution is 5.94. The number of anilines is 1. The topological polar surface area (TPSA) is 79.9 Å². The minimum atomic E-state index is -0.273. The van der Waals surface area contributed by atoms with Crippen molar-refractivity contribution in [1.29, 1.82) is 0 Å². The number of piperidine rings is 1. The SMILES string of the molecule is CNC1CCCN(C(=O)c2ccc(OCC(=O)Nc3cccc(OC)c3)cc2)C1. The summed E-state index contributed by atoms with van der Waals surface area (Å²) in [7, 11) is 3.50. The Kier molecular flexibility index (Phi) is 7.08. The number of likely N-dealkylation sites (N-methyl/N-ethyl adjacent to an activating group) is 1. The number of likely N-dealkylation sites (tertiary alicyclic amines) is 1. The zero-order chi connectivity index (χ0) is 20.6. The van der Waals surface area contributed by atoms with E-state index in [9.17, 15) is 9.59 Å². The lowest BCUT2D eigenvalue weighted by molar-refractivity contribution is -0.118. The van der Waals surface area contributed by atoms with E-state index >= 15 is 0 Å². The lowest BCUT2D eigenvalue weighted by atomic mass is 10.0. The van der Waals surface area contributed by atoms with E-state index in [0.29, 0.717) is 28.8 Å². The second-order valence-corrected chi connectivity index (χ2v) is 6.97.